The lowest BCUT2D eigenvalue weighted by atomic mass is 9.95. The van der Waals surface area contributed by atoms with Gasteiger partial charge in [0.2, 0.25) is 0 Å². The minimum atomic E-state index is -0.174. The van der Waals surface area contributed by atoms with Gasteiger partial charge in [0.15, 0.2) is 5.78 Å². The Morgan fingerprint density at radius 3 is 2.66 bits per heavy atom. The van der Waals surface area contributed by atoms with Gasteiger partial charge >= 0.3 is 0 Å². The van der Waals surface area contributed by atoms with Gasteiger partial charge in [-0.15, -0.1) is 0 Å². The number of nitrogens with one attached hydrogen (secondary N) is 1. The van der Waals surface area contributed by atoms with E-state index in [1.54, 1.807) is 17.6 Å². The van der Waals surface area contributed by atoms with Crippen molar-refractivity contribution in [2.45, 2.75) is 52.5 Å². The first-order valence-corrected chi connectivity index (χ1v) is 13.5. The first kappa shape index (κ1) is 25.9. The molecule has 9 heteroatoms. The van der Waals surface area contributed by atoms with Crippen LogP contribution in [-0.2, 0) is 4.79 Å². The van der Waals surface area contributed by atoms with Crippen LogP contribution in [0.4, 0.5) is 0 Å². The fourth-order valence-corrected chi connectivity index (χ4v) is 5.75. The Balaban J connectivity index is 1.75. The second-order valence-electron chi connectivity index (χ2n) is 9.86. The molecule has 0 spiro atoms. The molecule has 198 valence electrons. The summed E-state index contributed by atoms with van der Waals surface area (Å²) in [6.45, 7) is 7.15. The summed E-state index contributed by atoms with van der Waals surface area (Å²) in [5.41, 5.74) is 10.4. The van der Waals surface area contributed by atoms with Crippen molar-refractivity contribution >= 4 is 28.7 Å². The third-order valence-electron chi connectivity index (χ3n) is 7.32. The molecule has 2 aliphatic heterocycles. The zero-order chi connectivity index (χ0) is 27.0. The zero-order valence-electron chi connectivity index (χ0n) is 22.0. The molecule has 3 N–H and O–H groups in total. The number of allylic oxidation sites excluding steroid dienone is 2. The quantitative estimate of drug-likeness (QED) is 0.354. The Hall–Kier alpha value is -3.78. The van der Waals surface area contributed by atoms with Crippen molar-refractivity contribution in [2.75, 3.05) is 13.1 Å². The van der Waals surface area contributed by atoms with E-state index in [4.69, 9.17) is 17.3 Å². The van der Waals surface area contributed by atoms with E-state index < -0.39 is 0 Å². The maximum atomic E-state index is 13.9. The summed E-state index contributed by atoms with van der Waals surface area (Å²) in [7, 11) is 0. The molecule has 0 aliphatic carbocycles. The van der Waals surface area contributed by atoms with Crippen molar-refractivity contribution in [3.8, 4) is 5.69 Å². The highest BCUT2D eigenvalue weighted by atomic mass is 35.5. The number of hydrogen-bond acceptors (Lipinski definition) is 5. The highest BCUT2D eigenvalue weighted by Crippen LogP contribution is 2.40. The van der Waals surface area contributed by atoms with Gasteiger partial charge in [0.1, 0.15) is 11.3 Å². The largest absolute Gasteiger partial charge is 0.387 e. The van der Waals surface area contributed by atoms with Crippen molar-refractivity contribution < 1.29 is 4.79 Å². The minimum absolute atomic E-state index is 0.0466. The van der Waals surface area contributed by atoms with Gasteiger partial charge in [0, 0.05) is 37.6 Å². The van der Waals surface area contributed by atoms with E-state index in [1.165, 1.54) is 0 Å². The van der Waals surface area contributed by atoms with Crippen LogP contribution in [-0.4, -0.2) is 38.6 Å². The van der Waals surface area contributed by atoms with Gasteiger partial charge in [0.25, 0.3) is 5.56 Å². The van der Waals surface area contributed by atoms with Crippen LogP contribution < -0.4 is 16.6 Å². The van der Waals surface area contributed by atoms with Crippen molar-refractivity contribution in [1.29, 1.82) is 0 Å². The molecule has 1 atom stereocenters. The summed E-state index contributed by atoms with van der Waals surface area (Å²) in [4.78, 5) is 34.1. The second kappa shape index (κ2) is 10.5. The lowest BCUT2D eigenvalue weighted by molar-refractivity contribution is -0.115. The van der Waals surface area contributed by atoms with Gasteiger partial charge in [-0.05, 0) is 56.9 Å². The number of Topliss-reactive ketones (excluding diaryl/α,β-unsaturated/α-hetero) is 1. The number of amidine groups is 1. The third-order valence-corrected chi connectivity index (χ3v) is 7.62. The molecule has 4 heterocycles. The monoisotopic (exact) mass is 532 g/mol. The Labute approximate surface area is 227 Å². The van der Waals surface area contributed by atoms with Crippen LogP contribution in [0.5, 0.6) is 0 Å². The first-order chi connectivity index (χ1) is 18.3. The highest BCUT2D eigenvalue weighted by Gasteiger charge is 2.36. The number of ketones is 1. The fraction of sp³-hybridized carbons (Fsp3) is 0.345. The van der Waals surface area contributed by atoms with E-state index in [0.29, 0.717) is 40.7 Å². The predicted octanol–water partition coefficient (Wildman–Crippen LogP) is 4.72. The number of likely N-dealkylation sites (tertiary alicyclic amines) is 1. The number of halogens is 1. The van der Waals surface area contributed by atoms with Crippen molar-refractivity contribution in [2.24, 2.45) is 10.7 Å². The SMILES string of the molecule is CC/C(C)=C(C1=C(/N=C(\C)N)NCCC1=O)\N1CCCC1c1cn2ccc(Cl)c2c(=O)n1-c1ccccc1. The number of nitrogens with two attached hydrogens (primary N) is 1. The fourth-order valence-electron chi connectivity index (χ4n) is 5.51. The molecule has 38 heavy (non-hydrogen) atoms. The van der Waals surface area contributed by atoms with Crippen molar-refractivity contribution in [3.63, 3.8) is 0 Å². The maximum absolute atomic E-state index is 13.9. The molecule has 1 saturated heterocycles. The Morgan fingerprint density at radius 1 is 1.18 bits per heavy atom. The maximum Gasteiger partial charge on any atom is 0.281 e. The lowest BCUT2D eigenvalue weighted by Crippen LogP contribution is -2.36. The molecule has 1 unspecified atom stereocenters. The van der Waals surface area contributed by atoms with E-state index >= 15 is 0 Å². The average molecular weight is 533 g/mol. The van der Waals surface area contributed by atoms with Gasteiger partial charge in [-0.2, -0.15) is 0 Å². The average Bonchev–Trinajstić information content (AvgIpc) is 3.52. The number of rotatable bonds is 6. The summed E-state index contributed by atoms with van der Waals surface area (Å²) in [5.74, 6) is 0.951. The molecule has 1 aromatic carbocycles. The Kier molecular flexibility index (Phi) is 7.17. The highest BCUT2D eigenvalue weighted by molar-refractivity contribution is 6.33. The zero-order valence-corrected chi connectivity index (χ0v) is 22.8. The number of benzene rings is 1. The molecule has 1 fully saturated rings. The van der Waals surface area contributed by atoms with Gasteiger partial charge in [-0.3, -0.25) is 14.2 Å². The molecule has 8 nitrogen and oxygen atoms in total. The molecular weight excluding hydrogens is 500 g/mol. The van der Waals surface area contributed by atoms with Gasteiger partial charge in [-0.25, -0.2) is 4.99 Å². The predicted molar refractivity (Wildman–Crippen MR) is 152 cm³/mol. The molecular formula is C29H33ClN6O2. The summed E-state index contributed by atoms with van der Waals surface area (Å²) in [5, 5.41) is 3.72. The Bertz CT molecular complexity index is 1540. The van der Waals surface area contributed by atoms with Crippen molar-refractivity contribution in [3.05, 3.63) is 92.5 Å². The summed E-state index contributed by atoms with van der Waals surface area (Å²) in [6.07, 6.45) is 6.72. The Morgan fingerprint density at radius 2 is 1.95 bits per heavy atom. The molecule has 5 rings (SSSR count). The topological polar surface area (TPSA) is 97.1 Å². The molecule has 2 aliphatic rings. The van der Waals surface area contributed by atoms with Crippen LogP contribution in [0.3, 0.4) is 0 Å². The van der Waals surface area contributed by atoms with E-state index in [0.717, 1.165) is 48.5 Å². The molecule has 0 amide bonds. The van der Waals surface area contributed by atoms with Crippen LogP contribution in [0, 0.1) is 0 Å². The number of nitrogens with zero attached hydrogens (tertiary/aromatic N) is 4. The number of carbonyl (C=O) groups excluding carboxylic acids is 1. The lowest BCUT2D eigenvalue weighted by Gasteiger charge is -2.35. The standard InChI is InChI=1S/C29H33ClN6O2/c1-4-18(2)26(25-24(37)12-14-32-28(25)33-19(3)31)35-15-8-11-22(35)23-17-34-16-13-21(30)27(34)29(38)36(23)20-9-6-5-7-10-20/h5-7,9-10,13,16-17,22,32H,4,8,11-12,14-15H2,1-3H3,(H2,31,33)/b26-18-. The number of aliphatic imine (C=N–C) groups is 1. The van der Waals surface area contributed by atoms with Crippen LogP contribution in [0.15, 0.2) is 81.2 Å². The smallest absolute Gasteiger partial charge is 0.281 e. The molecule has 0 radical (unpaired) electrons. The molecule has 0 saturated carbocycles. The van der Waals surface area contributed by atoms with Gasteiger partial charge in [-0.1, -0.05) is 36.7 Å². The minimum Gasteiger partial charge on any atom is -0.387 e. The summed E-state index contributed by atoms with van der Waals surface area (Å²) < 4.78 is 3.58. The summed E-state index contributed by atoms with van der Waals surface area (Å²) in [6, 6.07) is 11.2. The number of hydrogen-bond donors (Lipinski definition) is 2. The van der Waals surface area contributed by atoms with Gasteiger partial charge < -0.3 is 20.4 Å². The van der Waals surface area contributed by atoms with Crippen LogP contribution >= 0.6 is 11.6 Å². The number of carbonyl (C=O) groups is 1. The van der Waals surface area contributed by atoms with Crippen LogP contribution in [0.1, 0.15) is 58.2 Å². The number of fused-ring (bicyclic) bond motifs is 1. The van der Waals surface area contributed by atoms with E-state index in [1.807, 2.05) is 47.1 Å². The van der Waals surface area contributed by atoms with Crippen LogP contribution in [0.2, 0.25) is 5.02 Å². The van der Waals surface area contributed by atoms with E-state index in [-0.39, 0.29) is 17.4 Å². The number of aromatic nitrogens is 2. The molecule has 0 bridgehead atoms. The molecule has 3 aromatic rings. The second-order valence-corrected chi connectivity index (χ2v) is 10.3. The first-order valence-electron chi connectivity index (χ1n) is 13.1. The molecule has 2 aromatic heterocycles. The summed E-state index contributed by atoms with van der Waals surface area (Å²) >= 11 is 6.44. The number of para-hydroxylation sites is 1. The van der Waals surface area contributed by atoms with E-state index in [9.17, 15) is 9.59 Å². The third kappa shape index (κ3) is 4.53. The normalized spacial score (nSPS) is 19.3. The van der Waals surface area contributed by atoms with Crippen LogP contribution in [0.25, 0.3) is 11.2 Å². The van der Waals surface area contributed by atoms with Gasteiger partial charge in [0.05, 0.1) is 33.9 Å². The van der Waals surface area contributed by atoms with Crippen molar-refractivity contribution in [1.82, 2.24) is 19.2 Å². The van der Waals surface area contributed by atoms with E-state index in [2.05, 4.69) is 29.1 Å².